The van der Waals surface area contributed by atoms with Crippen LogP contribution >= 0.6 is 15.9 Å². The van der Waals surface area contributed by atoms with E-state index in [0.717, 1.165) is 19.5 Å². The van der Waals surface area contributed by atoms with Gasteiger partial charge in [-0.25, -0.2) is 9.67 Å². The molecule has 0 spiro atoms. The Hall–Kier alpha value is -1.67. The zero-order valence-electron chi connectivity index (χ0n) is 11.8. The normalized spacial score (nSPS) is 10.8. The van der Waals surface area contributed by atoms with Gasteiger partial charge >= 0.3 is 0 Å². The van der Waals surface area contributed by atoms with Crippen LogP contribution in [0.1, 0.15) is 6.42 Å². The molecule has 0 fully saturated rings. The standard InChI is InChI=1S/C13H18BrN5O2/c1-21-8-7-19-13(20)12(14)11(9-17-19)16-3-2-5-18-6-4-15-10-18/h4,6,9-10,16H,2-3,5,7-8H2,1H3. The Kier molecular flexibility index (Phi) is 5.94. The van der Waals surface area contributed by atoms with Crippen LogP contribution in [-0.2, 0) is 17.8 Å². The maximum absolute atomic E-state index is 12.1. The van der Waals surface area contributed by atoms with Gasteiger partial charge in [-0.2, -0.15) is 5.10 Å². The molecule has 0 unspecified atom stereocenters. The van der Waals surface area contributed by atoms with Gasteiger partial charge in [-0.05, 0) is 22.4 Å². The first kappa shape index (κ1) is 15.7. The van der Waals surface area contributed by atoms with Crippen molar-refractivity contribution >= 4 is 21.6 Å². The van der Waals surface area contributed by atoms with Crippen molar-refractivity contribution in [3.63, 3.8) is 0 Å². The van der Waals surface area contributed by atoms with E-state index in [1.807, 2.05) is 10.8 Å². The van der Waals surface area contributed by atoms with Crippen molar-refractivity contribution in [2.75, 3.05) is 25.6 Å². The van der Waals surface area contributed by atoms with E-state index in [-0.39, 0.29) is 5.56 Å². The summed E-state index contributed by atoms with van der Waals surface area (Å²) in [6.07, 6.45) is 8.05. The number of halogens is 1. The first-order chi connectivity index (χ1) is 10.2. The maximum Gasteiger partial charge on any atom is 0.283 e. The molecule has 2 aromatic rings. The molecule has 0 aliphatic carbocycles. The average molecular weight is 356 g/mol. The number of aryl methyl sites for hydroxylation is 1. The Morgan fingerprint density at radius 1 is 1.43 bits per heavy atom. The number of anilines is 1. The molecule has 0 atom stereocenters. The third-order valence-corrected chi connectivity index (χ3v) is 3.73. The lowest BCUT2D eigenvalue weighted by Gasteiger charge is -2.10. The Morgan fingerprint density at radius 2 is 2.29 bits per heavy atom. The lowest BCUT2D eigenvalue weighted by molar-refractivity contribution is 0.181. The fraction of sp³-hybridized carbons (Fsp3) is 0.462. The van der Waals surface area contributed by atoms with Crippen LogP contribution in [0, 0.1) is 0 Å². The second kappa shape index (κ2) is 7.94. The zero-order valence-corrected chi connectivity index (χ0v) is 13.4. The van der Waals surface area contributed by atoms with E-state index in [0.29, 0.717) is 23.3 Å². The van der Waals surface area contributed by atoms with Crippen LogP contribution in [-0.4, -0.2) is 39.6 Å². The predicted octanol–water partition coefficient (Wildman–Crippen LogP) is 1.35. The van der Waals surface area contributed by atoms with Gasteiger partial charge in [0.25, 0.3) is 5.56 Å². The quantitative estimate of drug-likeness (QED) is 0.723. The number of nitrogens with zero attached hydrogens (tertiary/aromatic N) is 4. The van der Waals surface area contributed by atoms with Crippen molar-refractivity contribution in [1.82, 2.24) is 19.3 Å². The van der Waals surface area contributed by atoms with Crippen LogP contribution in [0.25, 0.3) is 0 Å². The summed E-state index contributed by atoms with van der Waals surface area (Å²) in [6.45, 7) is 2.52. The zero-order chi connectivity index (χ0) is 15.1. The van der Waals surface area contributed by atoms with E-state index in [1.54, 1.807) is 25.8 Å². The van der Waals surface area contributed by atoms with Gasteiger partial charge in [0.2, 0.25) is 0 Å². The van der Waals surface area contributed by atoms with Crippen LogP contribution < -0.4 is 10.9 Å². The number of hydrogen-bond donors (Lipinski definition) is 1. The fourth-order valence-electron chi connectivity index (χ4n) is 1.83. The molecule has 21 heavy (non-hydrogen) atoms. The van der Waals surface area contributed by atoms with Crippen molar-refractivity contribution in [2.45, 2.75) is 19.5 Å². The van der Waals surface area contributed by atoms with Crippen LogP contribution in [0.2, 0.25) is 0 Å². The number of imidazole rings is 1. The monoisotopic (exact) mass is 355 g/mol. The van der Waals surface area contributed by atoms with E-state index in [1.165, 1.54) is 4.68 Å². The third kappa shape index (κ3) is 4.40. The van der Waals surface area contributed by atoms with E-state index >= 15 is 0 Å². The molecular weight excluding hydrogens is 338 g/mol. The molecule has 0 radical (unpaired) electrons. The van der Waals surface area contributed by atoms with E-state index in [2.05, 4.69) is 31.3 Å². The van der Waals surface area contributed by atoms with Gasteiger partial charge in [0, 0.05) is 32.6 Å². The molecule has 8 heteroatoms. The summed E-state index contributed by atoms with van der Waals surface area (Å²) >= 11 is 3.32. The first-order valence-corrected chi connectivity index (χ1v) is 7.46. The molecule has 0 aliphatic heterocycles. The molecule has 7 nitrogen and oxygen atoms in total. The molecule has 0 bridgehead atoms. The van der Waals surface area contributed by atoms with Crippen molar-refractivity contribution < 1.29 is 4.74 Å². The number of nitrogens with one attached hydrogen (secondary N) is 1. The molecule has 0 amide bonds. The summed E-state index contributed by atoms with van der Waals surface area (Å²) in [7, 11) is 1.59. The number of ether oxygens (including phenoxy) is 1. The van der Waals surface area contributed by atoms with Gasteiger partial charge < -0.3 is 14.6 Å². The second-order valence-corrected chi connectivity index (χ2v) is 5.27. The van der Waals surface area contributed by atoms with Gasteiger partial charge in [0.15, 0.2) is 0 Å². The topological polar surface area (TPSA) is 74.0 Å². The molecule has 0 aliphatic rings. The van der Waals surface area contributed by atoms with Crippen molar-refractivity contribution in [1.29, 1.82) is 0 Å². The fourth-order valence-corrected chi connectivity index (χ4v) is 2.28. The smallest absolute Gasteiger partial charge is 0.283 e. The Labute approximate surface area is 131 Å². The molecule has 0 aromatic carbocycles. The highest BCUT2D eigenvalue weighted by Crippen LogP contribution is 2.15. The Balaban J connectivity index is 1.88. The summed E-state index contributed by atoms with van der Waals surface area (Å²) in [6, 6.07) is 0. The lowest BCUT2D eigenvalue weighted by Crippen LogP contribution is -2.26. The summed E-state index contributed by atoms with van der Waals surface area (Å²) in [5, 5.41) is 7.33. The Morgan fingerprint density at radius 3 is 3.00 bits per heavy atom. The first-order valence-electron chi connectivity index (χ1n) is 6.66. The maximum atomic E-state index is 12.1. The van der Waals surface area contributed by atoms with Gasteiger partial charge in [-0.3, -0.25) is 4.79 Å². The number of aromatic nitrogens is 4. The molecule has 2 rings (SSSR count). The second-order valence-electron chi connectivity index (χ2n) is 4.47. The molecule has 114 valence electrons. The number of methoxy groups -OCH3 is 1. The van der Waals surface area contributed by atoms with E-state index in [9.17, 15) is 4.79 Å². The molecule has 0 saturated carbocycles. The van der Waals surface area contributed by atoms with Crippen LogP contribution in [0.5, 0.6) is 0 Å². The van der Waals surface area contributed by atoms with Crippen LogP contribution in [0.15, 0.2) is 34.2 Å². The molecule has 1 N–H and O–H groups in total. The van der Waals surface area contributed by atoms with Gasteiger partial charge in [-0.15, -0.1) is 0 Å². The molecule has 2 aromatic heterocycles. The summed E-state index contributed by atoms with van der Waals surface area (Å²) < 4.78 is 8.83. The van der Waals surface area contributed by atoms with Crippen molar-refractivity contribution in [3.05, 3.63) is 39.7 Å². The Bertz CT molecular complexity index is 612. The van der Waals surface area contributed by atoms with Crippen LogP contribution in [0.3, 0.4) is 0 Å². The summed E-state index contributed by atoms with van der Waals surface area (Å²) in [5.41, 5.74) is 0.547. The van der Waals surface area contributed by atoms with E-state index < -0.39 is 0 Å². The number of hydrogen-bond acceptors (Lipinski definition) is 5. The third-order valence-electron chi connectivity index (χ3n) is 2.96. The molecular formula is C13H18BrN5O2. The van der Waals surface area contributed by atoms with E-state index in [4.69, 9.17) is 4.74 Å². The van der Waals surface area contributed by atoms with Crippen LogP contribution in [0.4, 0.5) is 5.69 Å². The highest BCUT2D eigenvalue weighted by atomic mass is 79.9. The predicted molar refractivity (Wildman–Crippen MR) is 83.4 cm³/mol. The minimum absolute atomic E-state index is 0.161. The lowest BCUT2D eigenvalue weighted by atomic mass is 10.4. The summed E-state index contributed by atoms with van der Waals surface area (Å²) in [4.78, 5) is 16.1. The van der Waals surface area contributed by atoms with Gasteiger partial charge in [0.1, 0.15) is 4.47 Å². The highest BCUT2D eigenvalue weighted by Gasteiger charge is 2.08. The minimum atomic E-state index is -0.161. The minimum Gasteiger partial charge on any atom is -0.383 e. The summed E-state index contributed by atoms with van der Waals surface area (Å²) in [5.74, 6) is 0. The van der Waals surface area contributed by atoms with Gasteiger partial charge in [-0.1, -0.05) is 0 Å². The van der Waals surface area contributed by atoms with Crippen molar-refractivity contribution in [2.24, 2.45) is 0 Å². The SMILES string of the molecule is COCCn1ncc(NCCCn2ccnc2)c(Br)c1=O. The highest BCUT2D eigenvalue weighted by molar-refractivity contribution is 9.10. The largest absolute Gasteiger partial charge is 0.383 e. The number of rotatable bonds is 8. The van der Waals surface area contributed by atoms with Crippen molar-refractivity contribution in [3.8, 4) is 0 Å². The van der Waals surface area contributed by atoms with Gasteiger partial charge in [0.05, 0.1) is 31.4 Å². The molecule has 2 heterocycles. The molecule has 0 saturated heterocycles. The average Bonchev–Trinajstić information content (AvgIpc) is 3.00.